The van der Waals surface area contributed by atoms with Crippen LogP contribution in [0.2, 0.25) is 5.02 Å². The van der Waals surface area contributed by atoms with Gasteiger partial charge >= 0.3 is 0 Å². The zero-order valence-corrected chi connectivity index (χ0v) is 13.3. The topological polar surface area (TPSA) is 46.3 Å². The summed E-state index contributed by atoms with van der Waals surface area (Å²) in [5, 5.41) is 0.709. The molecule has 2 N–H and O–H groups in total. The number of nitrogens with two attached hydrogens (primary N) is 1. The number of carbonyl (C=O) groups excluding carboxylic acids is 1. The van der Waals surface area contributed by atoms with Crippen molar-refractivity contribution < 1.29 is 4.79 Å². The molecule has 1 aliphatic carbocycles. The van der Waals surface area contributed by atoms with E-state index in [9.17, 15) is 4.79 Å². The van der Waals surface area contributed by atoms with Crippen molar-refractivity contribution in [2.75, 3.05) is 7.05 Å². The summed E-state index contributed by atoms with van der Waals surface area (Å²) in [7, 11) is 1.82. The molecule has 1 aromatic carbocycles. The van der Waals surface area contributed by atoms with Gasteiger partial charge < -0.3 is 10.6 Å². The third-order valence-corrected chi connectivity index (χ3v) is 4.10. The summed E-state index contributed by atoms with van der Waals surface area (Å²) in [6.07, 6.45) is 4.90. The van der Waals surface area contributed by atoms with E-state index in [-0.39, 0.29) is 18.3 Å². The van der Waals surface area contributed by atoms with Gasteiger partial charge in [-0.2, -0.15) is 0 Å². The Kier molecular flexibility index (Phi) is 6.31. The zero-order chi connectivity index (χ0) is 13.9. The first-order chi connectivity index (χ1) is 9.01. The van der Waals surface area contributed by atoms with Crippen LogP contribution in [0.4, 0.5) is 0 Å². The fourth-order valence-corrected chi connectivity index (χ4v) is 2.84. The summed E-state index contributed by atoms with van der Waals surface area (Å²) in [6, 6.07) is 7.56. The van der Waals surface area contributed by atoms with Crippen LogP contribution in [0.1, 0.15) is 37.7 Å². The molecule has 3 nitrogen and oxygen atoms in total. The fraction of sp³-hybridized carbons (Fsp3) is 0.533. The second kappa shape index (κ2) is 7.30. The Balaban J connectivity index is 0.00000200. The molecule has 0 heterocycles. The van der Waals surface area contributed by atoms with Crippen LogP contribution < -0.4 is 5.73 Å². The highest BCUT2D eigenvalue weighted by molar-refractivity contribution is 6.30. The molecule has 0 aromatic heterocycles. The van der Waals surface area contributed by atoms with E-state index in [1.54, 1.807) is 4.90 Å². The number of likely N-dealkylation sites (N-methyl/N-ethyl adjacent to an activating group) is 1. The van der Waals surface area contributed by atoms with Gasteiger partial charge in [-0.15, -0.1) is 12.4 Å². The third kappa shape index (κ3) is 4.11. The molecule has 1 saturated carbocycles. The Morgan fingerprint density at radius 3 is 2.35 bits per heavy atom. The largest absolute Gasteiger partial charge is 0.340 e. The predicted octanol–water partition coefficient (Wildman–Crippen LogP) is 3.38. The van der Waals surface area contributed by atoms with Crippen LogP contribution in [-0.2, 0) is 11.3 Å². The van der Waals surface area contributed by atoms with Gasteiger partial charge in [0.25, 0.3) is 0 Å². The monoisotopic (exact) mass is 316 g/mol. The molecule has 112 valence electrons. The van der Waals surface area contributed by atoms with Crippen molar-refractivity contribution >= 4 is 29.9 Å². The van der Waals surface area contributed by atoms with Crippen LogP contribution >= 0.6 is 24.0 Å². The summed E-state index contributed by atoms with van der Waals surface area (Å²) < 4.78 is 0. The summed E-state index contributed by atoms with van der Waals surface area (Å²) in [5.41, 5.74) is 6.68. The molecule has 0 saturated heterocycles. The van der Waals surface area contributed by atoms with Gasteiger partial charge in [0.15, 0.2) is 0 Å². The predicted molar refractivity (Wildman–Crippen MR) is 85.2 cm³/mol. The van der Waals surface area contributed by atoms with Crippen molar-refractivity contribution in [2.24, 2.45) is 5.73 Å². The van der Waals surface area contributed by atoms with Gasteiger partial charge in [0, 0.05) is 18.6 Å². The molecule has 1 fully saturated rings. The number of hydrogen-bond acceptors (Lipinski definition) is 2. The number of carbonyl (C=O) groups is 1. The molecule has 0 atom stereocenters. The van der Waals surface area contributed by atoms with Gasteiger partial charge in [0.2, 0.25) is 5.91 Å². The standard InChI is InChI=1S/C15H21ClN2O.ClH/c1-18(11-12-5-7-13(16)8-6-12)14(19)15(17)9-3-2-4-10-15;/h5-8H,2-4,9-11,17H2,1H3;1H. The van der Waals surface area contributed by atoms with Crippen LogP contribution in [0.25, 0.3) is 0 Å². The lowest BCUT2D eigenvalue weighted by molar-refractivity contribution is -0.137. The SMILES string of the molecule is CN(Cc1ccc(Cl)cc1)C(=O)C1(N)CCCCC1.Cl. The van der Waals surface area contributed by atoms with Crippen LogP contribution in [0.15, 0.2) is 24.3 Å². The second-order valence-corrected chi connectivity index (χ2v) is 5.94. The molecular weight excluding hydrogens is 295 g/mol. The minimum Gasteiger partial charge on any atom is -0.340 e. The van der Waals surface area contributed by atoms with Gasteiger partial charge in [0.1, 0.15) is 0 Å². The molecule has 5 heteroatoms. The van der Waals surface area contributed by atoms with Gasteiger partial charge in [-0.3, -0.25) is 4.79 Å². The summed E-state index contributed by atoms with van der Waals surface area (Å²) in [4.78, 5) is 14.2. The average Bonchev–Trinajstić information content (AvgIpc) is 2.41. The molecule has 0 aliphatic heterocycles. The minimum atomic E-state index is -0.653. The Bertz CT molecular complexity index is 442. The molecule has 2 rings (SSSR count). The number of halogens is 2. The highest BCUT2D eigenvalue weighted by Gasteiger charge is 2.37. The lowest BCUT2D eigenvalue weighted by Gasteiger charge is -2.35. The van der Waals surface area contributed by atoms with E-state index in [4.69, 9.17) is 17.3 Å². The summed E-state index contributed by atoms with van der Waals surface area (Å²) >= 11 is 5.85. The van der Waals surface area contributed by atoms with E-state index in [0.29, 0.717) is 11.6 Å². The molecule has 1 amide bonds. The number of benzene rings is 1. The molecule has 0 spiro atoms. The number of nitrogens with zero attached hydrogens (tertiary/aromatic N) is 1. The molecule has 1 aliphatic rings. The molecule has 0 bridgehead atoms. The Morgan fingerprint density at radius 1 is 1.25 bits per heavy atom. The Labute approximate surface area is 131 Å². The van der Waals surface area contributed by atoms with Crippen molar-refractivity contribution in [3.05, 3.63) is 34.9 Å². The molecule has 20 heavy (non-hydrogen) atoms. The highest BCUT2D eigenvalue weighted by atomic mass is 35.5. The normalized spacial score (nSPS) is 17.1. The molecule has 0 radical (unpaired) electrons. The summed E-state index contributed by atoms with van der Waals surface area (Å²) in [5.74, 6) is 0.0575. The van der Waals surface area contributed by atoms with Crippen molar-refractivity contribution in [1.82, 2.24) is 4.90 Å². The number of hydrogen-bond donors (Lipinski definition) is 1. The van der Waals surface area contributed by atoms with Crippen molar-refractivity contribution in [1.29, 1.82) is 0 Å². The maximum absolute atomic E-state index is 12.5. The van der Waals surface area contributed by atoms with Gasteiger partial charge in [-0.05, 0) is 30.5 Å². The minimum absolute atomic E-state index is 0. The maximum atomic E-state index is 12.5. The van der Waals surface area contributed by atoms with E-state index in [0.717, 1.165) is 31.2 Å². The van der Waals surface area contributed by atoms with Crippen molar-refractivity contribution in [3.63, 3.8) is 0 Å². The van der Waals surface area contributed by atoms with E-state index in [1.807, 2.05) is 31.3 Å². The number of rotatable bonds is 3. The Morgan fingerprint density at radius 2 is 1.80 bits per heavy atom. The first kappa shape index (κ1) is 17.3. The van der Waals surface area contributed by atoms with E-state index >= 15 is 0 Å². The van der Waals surface area contributed by atoms with Crippen molar-refractivity contribution in [3.8, 4) is 0 Å². The van der Waals surface area contributed by atoms with Crippen molar-refractivity contribution in [2.45, 2.75) is 44.2 Å². The molecule has 1 aromatic rings. The zero-order valence-electron chi connectivity index (χ0n) is 11.8. The quantitative estimate of drug-likeness (QED) is 0.929. The third-order valence-electron chi connectivity index (χ3n) is 3.85. The highest BCUT2D eigenvalue weighted by Crippen LogP contribution is 2.27. The van der Waals surface area contributed by atoms with E-state index < -0.39 is 5.54 Å². The second-order valence-electron chi connectivity index (χ2n) is 5.50. The van der Waals surface area contributed by atoms with Crippen LogP contribution in [0.5, 0.6) is 0 Å². The van der Waals surface area contributed by atoms with Crippen LogP contribution in [-0.4, -0.2) is 23.4 Å². The first-order valence-electron chi connectivity index (χ1n) is 6.80. The van der Waals surface area contributed by atoms with Crippen LogP contribution in [0, 0.1) is 0 Å². The average molecular weight is 317 g/mol. The van der Waals surface area contributed by atoms with E-state index in [1.165, 1.54) is 6.42 Å². The van der Waals surface area contributed by atoms with Gasteiger partial charge in [-0.1, -0.05) is 43.0 Å². The number of amides is 1. The fourth-order valence-electron chi connectivity index (χ4n) is 2.71. The lowest BCUT2D eigenvalue weighted by Crippen LogP contribution is -2.55. The smallest absolute Gasteiger partial charge is 0.242 e. The maximum Gasteiger partial charge on any atom is 0.242 e. The summed E-state index contributed by atoms with van der Waals surface area (Å²) in [6.45, 7) is 0.578. The molecular formula is C15H22Cl2N2O. The van der Waals surface area contributed by atoms with E-state index in [2.05, 4.69) is 0 Å². The van der Waals surface area contributed by atoms with Crippen LogP contribution in [0.3, 0.4) is 0 Å². The first-order valence-corrected chi connectivity index (χ1v) is 7.18. The Hall–Kier alpha value is -0.770. The molecule has 0 unspecified atom stereocenters. The van der Waals surface area contributed by atoms with Gasteiger partial charge in [0.05, 0.1) is 5.54 Å². The van der Waals surface area contributed by atoms with Gasteiger partial charge in [-0.25, -0.2) is 0 Å². The lowest BCUT2D eigenvalue weighted by atomic mass is 9.81.